The Morgan fingerprint density at radius 2 is 1.71 bits per heavy atom. The second kappa shape index (κ2) is 5.55. The first-order valence-electron chi connectivity index (χ1n) is 6.94. The number of rotatable bonds is 3. The third-order valence-corrected chi connectivity index (χ3v) is 3.86. The van der Waals surface area contributed by atoms with Crippen molar-refractivity contribution >= 4 is 18.0 Å². The number of carbonyl (C=O) groups excluding carboxylic acids is 3. The number of hydrogen-bond donors (Lipinski definition) is 0. The van der Waals surface area contributed by atoms with E-state index in [-0.39, 0.29) is 24.9 Å². The summed E-state index contributed by atoms with van der Waals surface area (Å²) in [5, 5.41) is 0.499. The van der Waals surface area contributed by atoms with E-state index < -0.39 is 18.0 Å². The van der Waals surface area contributed by atoms with Crippen molar-refractivity contribution in [1.82, 2.24) is 5.06 Å². The van der Waals surface area contributed by atoms with Crippen molar-refractivity contribution in [3.05, 3.63) is 35.9 Å². The molecule has 2 fully saturated rings. The van der Waals surface area contributed by atoms with Crippen LogP contribution in [0.2, 0.25) is 0 Å². The Labute approximate surface area is 121 Å². The minimum atomic E-state index is -0.996. The van der Waals surface area contributed by atoms with Crippen LogP contribution in [0.4, 0.5) is 4.79 Å². The molecule has 3 rings (SSSR count). The largest absolute Gasteiger partial charge is 0.534 e. The summed E-state index contributed by atoms with van der Waals surface area (Å²) < 4.78 is 5.20. The van der Waals surface area contributed by atoms with Crippen LogP contribution in [0.15, 0.2) is 30.3 Å². The second-order valence-corrected chi connectivity index (χ2v) is 5.17. The topological polar surface area (TPSA) is 72.9 Å². The molecule has 0 radical (unpaired) electrons. The predicted octanol–water partition coefficient (Wildman–Crippen LogP) is 2.15. The second-order valence-electron chi connectivity index (χ2n) is 5.17. The molecule has 1 heterocycles. The van der Waals surface area contributed by atoms with E-state index in [0.29, 0.717) is 5.06 Å². The van der Waals surface area contributed by atoms with Crippen LogP contribution in [0.5, 0.6) is 0 Å². The Kier molecular flexibility index (Phi) is 3.60. The first-order chi connectivity index (χ1) is 10.1. The van der Waals surface area contributed by atoms with E-state index in [4.69, 9.17) is 9.57 Å². The Bertz CT molecular complexity index is 555. The highest BCUT2D eigenvalue weighted by Crippen LogP contribution is 2.39. The van der Waals surface area contributed by atoms with E-state index in [1.54, 1.807) is 0 Å². The lowest BCUT2D eigenvalue weighted by Crippen LogP contribution is -2.38. The van der Waals surface area contributed by atoms with Gasteiger partial charge >= 0.3 is 6.16 Å². The Morgan fingerprint density at radius 3 is 2.29 bits per heavy atom. The average molecular weight is 289 g/mol. The first kappa shape index (κ1) is 13.6. The fourth-order valence-electron chi connectivity index (χ4n) is 2.57. The molecule has 21 heavy (non-hydrogen) atoms. The van der Waals surface area contributed by atoms with Crippen molar-refractivity contribution in [2.75, 3.05) is 0 Å². The van der Waals surface area contributed by atoms with E-state index in [1.165, 1.54) is 0 Å². The molecule has 6 nitrogen and oxygen atoms in total. The zero-order chi connectivity index (χ0) is 14.8. The number of benzene rings is 1. The minimum absolute atomic E-state index is 0.0716. The summed E-state index contributed by atoms with van der Waals surface area (Å²) in [5.74, 6) is -0.876. The van der Waals surface area contributed by atoms with Gasteiger partial charge in [0, 0.05) is 18.8 Å². The lowest BCUT2D eigenvalue weighted by molar-refractivity contribution is -0.180. The van der Waals surface area contributed by atoms with Crippen LogP contribution in [0.25, 0.3) is 0 Å². The highest BCUT2D eigenvalue weighted by Gasteiger charge is 2.38. The molecule has 1 aromatic carbocycles. The molecular weight excluding hydrogens is 274 g/mol. The maximum atomic E-state index is 11.7. The molecule has 0 bridgehead atoms. The molecule has 1 aliphatic carbocycles. The van der Waals surface area contributed by atoms with Gasteiger partial charge in [-0.25, -0.2) is 4.79 Å². The third-order valence-electron chi connectivity index (χ3n) is 3.86. The van der Waals surface area contributed by atoms with E-state index in [2.05, 4.69) is 0 Å². The molecule has 2 atom stereocenters. The lowest BCUT2D eigenvalue weighted by atomic mass is 9.77. The normalized spacial score (nSPS) is 24.7. The summed E-state index contributed by atoms with van der Waals surface area (Å²) in [5.41, 5.74) is 1.11. The van der Waals surface area contributed by atoms with Crippen molar-refractivity contribution in [2.24, 2.45) is 0 Å². The average Bonchev–Trinajstić information content (AvgIpc) is 2.77. The maximum absolute atomic E-state index is 11.7. The summed E-state index contributed by atoms with van der Waals surface area (Å²) in [7, 11) is 0. The molecule has 6 heteroatoms. The Hall–Kier alpha value is -2.37. The molecule has 2 aliphatic rings. The number of nitrogens with zero attached hydrogens (tertiary/aromatic N) is 1. The molecule has 0 N–H and O–H groups in total. The van der Waals surface area contributed by atoms with Gasteiger partial charge in [0.2, 0.25) is 0 Å². The highest BCUT2D eigenvalue weighted by molar-refractivity contribution is 6.01. The zero-order valence-electron chi connectivity index (χ0n) is 11.4. The van der Waals surface area contributed by atoms with Crippen molar-refractivity contribution < 1.29 is 24.0 Å². The molecule has 2 unspecified atom stereocenters. The molecule has 1 aromatic rings. The van der Waals surface area contributed by atoms with Crippen LogP contribution >= 0.6 is 0 Å². The zero-order valence-corrected chi connectivity index (χ0v) is 11.4. The van der Waals surface area contributed by atoms with Crippen LogP contribution in [-0.2, 0) is 19.2 Å². The lowest BCUT2D eigenvalue weighted by Gasteiger charge is -2.35. The molecule has 0 aromatic heterocycles. The maximum Gasteiger partial charge on any atom is 0.534 e. The quantitative estimate of drug-likeness (QED) is 0.629. The van der Waals surface area contributed by atoms with Gasteiger partial charge in [-0.05, 0) is 18.4 Å². The van der Waals surface area contributed by atoms with Crippen LogP contribution < -0.4 is 0 Å². The number of hydroxylamine groups is 2. The Morgan fingerprint density at radius 1 is 1.05 bits per heavy atom. The summed E-state index contributed by atoms with van der Waals surface area (Å²) >= 11 is 0. The van der Waals surface area contributed by atoms with Gasteiger partial charge in [-0.1, -0.05) is 35.4 Å². The van der Waals surface area contributed by atoms with Gasteiger partial charge in [-0.15, -0.1) is 0 Å². The Balaban J connectivity index is 1.56. The van der Waals surface area contributed by atoms with E-state index in [9.17, 15) is 14.4 Å². The molecule has 0 spiro atoms. The number of carbonyl (C=O) groups is 3. The SMILES string of the molecule is O=C(OC1CCC1c1ccccc1)ON1C(=O)CCC1=O. The molecular formula is C15H15NO5. The predicted molar refractivity (Wildman–Crippen MR) is 70.9 cm³/mol. The molecule has 2 amide bonds. The van der Waals surface area contributed by atoms with Crippen molar-refractivity contribution in [1.29, 1.82) is 0 Å². The van der Waals surface area contributed by atoms with Gasteiger partial charge in [0.1, 0.15) is 6.10 Å². The number of ether oxygens (including phenoxy) is 1. The smallest absolute Gasteiger partial charge is 0.429 e. The number of amides is 2. The van der Waals surface area contributed by atoms with Gasteiger partial charge in [0.05, 0.1) is 0 Å². The monoisotopic (exact) mass is 289 g/mol. The van der Waals surface area contributed by atoms with Gasteiger partial charge in [0.15, 0.2) is 0 Å². The van der Waals surface area contributed by atoms with Crippen LogP contribution in [0.3, 0.4) is 0 Å². The van der Waals surface area contributed by atoms with Crippen LogP contribution in [0.1, 0.15) is 37.2 Å². The minimum Gasteiger partial charge on any atom is -0.429 e. The van der Waals surface area contributed by atoms with Crippen LogP contribution in [-0.4, -0.2) is 29.1 Å². The van der Waals surface area contributed by atoms with Gasteiger partial charge < -0.3 is 4.74 Å². The molecule has 1 saturated carbocycles. The van der Waals surface area contributed by atoms with Crippen molar-refractivity contribution in [2.45, 2.75) is 37.7 Å². The fraction of sp³-hybridized carbons (Fsp3) is 0.400. The molecule has 1 aliphatic heterocycles. The summed E-state index contributed by atoms with van der Waals surface area (Å²) in [6.45, 7) is 0. The van der Waals surface area contributed by atoms with Gasteiger partial charge in [0.25, 0.3) is 11.8 Å². The summed E-state index contributed by atoms with van der Waals surface area (Å²) in [6, 6.07) is 9.77. The molecule has 110 valence electrons. The van der Waals surface area contributed by atoms with E-state index >= 15 is 0 Å². The van der Waals surface area contributed by atoms with Gasteiger partial charge in [-0.3, -0.25) is 14.4 Å². The van der Waals surface area contributed by atoms with Crippen molar-refractivity contribution in [3.8, 4) is 0 Å². The first-order valence-corrected chi connectivity index (χ1v) is 6.94. The summed E-state index contributed by atoms with van der Waals surface area (Å²) in [4.78, 5) is 39.1. The van der Waals surface area contributed by atoms with Crippen LogP contribution in [0, 0.1) is 0 Å². The fourth-order valence-corrected chi connectivity index (χ4v) is 2.57. The van der Waals surface area contributed by atoms with Crippen molar-refractivity contribution in [3.63, 3.8) is 0 Å². The standard InChI is InChI=1S/C15H15NO5/c17-13-8-9-14(18)16(13)21-15(19)20-12-7-6-11(12)10-4-2-1-3-5-10/h1-5,11-12H,6-9H2. The van der Waals surface area contributed by atoms with Gasteiger partial charge in [-0.2, -0.15) is 0 Å². The number of imide groups is 1. The third kappa shape index (κ3) is 2.74. The number of hydrogen-bond acceptors (Lipinski definition) is 5. The highest BCUT2D eigenvalue weighted by atomic mass is 16.8. The van der Waals surface area contributed by atoms with E-state index in [0.717, 1.165) is 18.4 Å². The molecule has 1 saturated heterocycles. The van der Waals surface area contributed by atoms with E-state index in [1.807, 2.05) is 30.3 Å². The summed E-state index contributed by atoms with van der Waals surface area (Å²) in [6.07, 6.45) is 0.557.